The van der Waals surface area contributed by atoms with E-state index in [2.05, 4.69) is 19.7 Å². The third kappa shape index (κ3) is 3.06. The molecule has 9 heavy (non-hydrogen) atoms. The maximum atomic E-state index is 4.79. The molecule has 0 aliphatic rings. The molecule has 0 aromatic rings. The van der Waals surface area contributed by atoms with Gasteiger partial charge < -0.3 is 4.90 Å². The summed E-state index contributed by atoms with van der Waals surface area (Å²) in [7, 11) is 3.72. The minimum atomic E-state index is -0.0150. The Morgan fingerprint density at radius 3 is 1.89 bits per heavy atom. The first-order valence-electron chi connectivity index (χ1n) is 2.69. The third-order valence-electron chi connectivity index (χ3n) is 1.04. The van der Waals surface area contributed by atoms with E-state index in [1.807, 2.05) is 20.8 Å². The number of thiol groups is 1. The summed E-state index contributed by atoms with van der Waals surface area (Å²) in [5.41, 5.74) is -0.0150. The Hall–Kier alpha value is 0.240. The van der Waals surface area contributed by atoms with Crippen molar-refractivity contribution in [1.29, 1.82) is 0 Å². The molecule has 0 heterocycles. The Labute approximate surface area is 67.8 Å². The molecule has 0 aliphatic heterocycles. The number of nitrogens with zero attached hydrogens (tertiary/aromatic N) is 1. The van der Waals surface area contributed by atoms with Gasteiger partial charge in [0.2, 0.25) is 0 Å². The molecular weight excluding hydrogens is 150 g/mol. The number of hydrogen-bond donors (Lipinski definition) is 1. The summed E-state index contributed by atoms with van der Waals surface area (Å²) >= 11 is 8.78. The quantitative estimate of drug-likeness (QED) is 0.429. The van der Waals surface area contributed by atoms with E-state index in [9.17, 15) is 0 Å². The topological polar surface area (TPSA) is 3.24 Å². The lowest BCUT2D eigenvalue weighted by Gasteiger charge is -2.31. The molecule has 0 unspecified atom stereocenters. The van der Waals surface area contributed by atoms with Crippen LogP contribution in [0.2, 0.25) is 0 Å². The zero-order chi connectivity index (χ0) is 7.65. The first kappa shape index (κ1) is 9.24. The molecule has 0 bridgehead atoms. The highest BCUT2D eigenvalue weighted by atomic mass is 32.1. The Kier molecular flexibility index (Phi) is 2.96. The van der Waals surface area contributed by atoms with E-state index in [1.165, 1.54) is 0 Å². The zero-order valence-corrected chi connectivity index (χ0v) is 7.72. The van der Waals surface area contributed by atoms with Crippen molar-refractivity contribution in [2.45, 2.75) is 26.3 Å². The number of rotatable bonds is 0. The average Bonchev–Trinajstić information content (AvgIpc) is 1.62. The lowest BCUT2D eigenvalue weighted by molar-refractivity contribution is 0.317. The predicted molar refractivity (Wildman–Crippen MR) is 48.5 cm³/mol. The second kappa shape index (κ2) is 2.88. The Morgan fingerprint density at radius 1 is 1.56 bits per heavy atom. The van der Waals surface area contributed by atoms with Crippen LogP contribution in [0.4, 0.5) is 0 Å². The van der Waals surface area contributed by atoms with Gasteiger partial charge in [-0.05, 0) is 20.8 Å². The third-order valence-corrected chi connectivity index (χ3v) is 1.50. The molecule has 0 aromatic heterocycles. The highest BCUT2D eigenvalue weighted by Gasteiger charge is 2.16. The van der Waals surface area contributed by atoms with Crippen LogP contribution in [0.5, 0.6) is 0 Å². The molecule has 0 atom stereocenters. The minimum absolute atomic E-state index is 0.0150. The van der Waals surface area contributed by atoms with Crippen molar-refractivity contribution < 1.29 is 0 Å². The average molecular weight is 162 g/mol. The predicted octanol–water partition coefficient (Wildman–Crippen LogP) is 2.09. The zero-order valence-electron chi connectivity index (χ0n) is 6.01. The monoisotopic (exact) mass is 162 g/mol. The summed E-state index contributed by atoms with van der Waals surface area (Å²) in [5.74, 6) is 0. The van der Waals surface area contributed by atoms with Crippen LogP contribution in [0.25, 0.3) is 0 Å². The highest BCUT2D eigenvalue weighted by molar-refractivity contribution is 8.10. The van der Waals surface area contributed by atoms with Crippen LogP contribution in [0.15, 0.2) is 0 Å². The van der Waals surface area contributed by atoms with Gasteiger partial charge in [-0.15, -0.1) is 12.6 Å². The second-order valence-corrected chi connectivity index (χ2v) is 3.99. The van der Waals surface area contributed by atoms with Gasteiger partial charge in [-0.1, -0.05) is 12.2 Å². The molecule has 3 heteroatoms. The largest absolute Gasteiger partial charge is 0.351 e. The first-order chi connectivity index (χ1) is 3.85. The van der Waals surface area contributed by atoms with E-state index in [1.54, 1.807) is 4.90 Å². The molecular formula is C6H12NS2. The van der Waals surface area contributed by atoms with Gasteiger partial charge in [0.05, 0.1) is 0 Å². The van der Waals surface area contributed by atoms with E-state index in [4.69, 9.17) is 12.2 Å². The molecule has 0 rings (SSSR count). The second-order valence-electron chi connectivity index (χ2n) is 2.88. The van der Waals surface area contributed by atoms with Gasteiger partial charge in [0.25, 0.3) is 0 Å². The summed E-state index contributed by atoms with van der Waals surface area (Å²) in [6.07, 6.45) is 0. The van der Waals surface area contributed by atoms with Crippen LogP contribution in [0.3, 0.4) is 0 Å². The first-order valence-corrected chi connectivity index (χ1v) is 3.55. The van der Waals surface area contributed by atoms with Crippen molar-refractivity contribution in [3.8, 4) is 0 Å². The van der Waals surface area contributed by atoms with Crippen LogP contribution >= 0.6 is 24.8 Å². The van der Waals surface area contributed by atoms with Crippen LogP contribution in [-0.4, -0.2) is 14.8 Å². The molecule has 53 valence electrons. The van der Waals surface area contributed by atoms with Crippen LogP contribution in [0, 0.1) is 7.05 Å². The van der Waals surface area contributed by atoms with Crippen molar-refractivity contribution in [3.05, 3.63) is 7.05 Å². The number of thiocarbonyl (C=S) groups is 1. The normalized spacial score (nSPS) is 11.2. The minimum Gasteiger partial charge on any atom is -0.351 e. The molecule has 0 aliphatic carbocycles. The van der Waals surface area contributed by atoms with Crippen molar-refractivity contribution in [2.24, 2.45) is 0 Å². The Balaban J connectivity index is 4.04. The molecule has 1 radical (unpaired) electrons. The fraction of sp³-hybridized carbons (Fsp3) is 0.667. The molecule has 0 spiro atoms. The molecule has 0 saturated heterocycles. The highest BCUT2D eigenvalue weighted by Crippen LogP contribution is 2.13. The van der Waals surface area contributed by atoms with Crippen LogP contribution < -0.4 is 0 Å². The standard InChI is InChI=1S/C6H12NS2/c1-6(2,3)7(4)5(8)9/h4H2,1-3H3,(H,8,9). The fourth-order valence-corrected chi connectivity index (χ4v) is 0.861. The van der Waals surface area contributed by atoms with E-state index < -0.39 is 0 Å². The van der Waals surface area contributed by atoms with Gasteiger partial charge in [-0.2, -0.15) is 0 Å². The van der Waals surface area contributed by atoms with Gasteiger partial charge >= 0.3 is 0 Å². The lowest BCUT2D eigenvalue weighted by atomic mass is 10.1. The van der Waals surface area contributed by atoms with E-state index in [-0.39, 0.29) is 5.54 Å². The lowest BCUT2D eigenvalue weighted by Crippen LogP contribution is -2.37. The van der Waals surface area contributed by atoms with Crippen molar-refractivity contribution >= 4 is 29.2 Å². The molecule has 0 aromatic carbocycles. The SMILES string of the molecule is [CH2]N(C(=S)S)C(C)(C)C. The Bertz CT molecular complexity index is 115. The molecule has 0 fully saturated rings. The van der Waals surface area contributed by atoms with E-state index >= 15 is 0 Å². The number of hydrogen-bond acceptors (Lipinski definition) is 1. The maximum Gasteiger partial charge on any atom is 0.133 e. The summed E-state index contributed by atoms with van der Waals surface area (Å²) in [5, 5.41) is 0. The molecule has 0 N–H and O–H groups in total. The van der Waals surface area contributed by atoms with Gasteiger partial charge in [0.1, 0.15) is 4.32 Å². The van der Waals surface area contributed by atoms with Crippen molar-refractivity contribution in [1.82, 2.24) is 4.90 Å². The van der Waals surface area contributed by atoms with Crippen LogP contribution in [0.1, 0.15) is 20.8 Å². The van der Waals surface area contributed by atoms with Gasteiger partial charge in [0.15, 0.2) is 0 Å². The van der Waals surface area contributed by atoms with Crippen molar-refractivity contribution in [3.63, 3.8) is 0 Å². The summed E-state index contributed by atoms with van der Waals surface area (Å²) in [4.78, 5) is 1.70. The fourth-order valence-electron chi connectivity index (χ4n) is 0.287. The Morgan fingerprint density at radius 2 is 1.89 bits per heavy atom. The van der Waals surface area contributed by atoms with E-state index in [0.29, 0.717) is 4.32 Å². The summed E-state index contributed by atoms with van der Waals surface area (Å²) < 4.78 is 0.530. The molecule has 0 amide bonds. The maximum absolute atomic E-state index is 4.79. The van der Waals surface area contributed by atoms with Gasteiger partial charge in [0, 0.05) is 12.6 Å². The molecule has 0 saturated carbocycles. The molecule has 1 nitrogen and oxygen atoms in total. The summed E-state index contributed by atoms with van der Waals surface area (Å²) in [6, 6.07) is 0. The van der Waals surface area contributed by atoms with Gasteiger partial charge in [-0.25, -0.2) is 0 Å². The van der Waals surface area contributed by atoms with E-state index in [0.717, 1.165) is 0 Å². The van der Waals surface area contributed by atoms with Gasteiger partial charge in [-0.3, -0.25) is 0 Å². The summed E-state index contributed by atoms with van der Waals surface area (Å²) in [6.45, 7) is 6.09. The van der Waals surface area contributed by atoms with Crippen molar-refractivity contribution in [2.75, 3.05) is 0 Å². The smallest absolute Gasteiger partial charge is 0.133 e. The van der Waals surface area contributed by atoms with Crippen LogP contribution in [-0.2, 0) is 0 Å².